The topological polar surface area (TPSA) is 49.4 Å². The van der Waals surface area contributed by atoms with Crippen LogP contribution in [0.4, 0.5) is 5.69 Å². The molecule has 4 nitrogen and oxygen atoms in total. The van der Waals surface area contributed by atoms with Crippen LogP contribution in [0.15, 0.2) is 24.3 Å². The second-order valence-electron chi connectivity index (χ2n) is 4.19. The Morgan fingerprint density at radius 1 is 1.41 bits per heavy atom. The minimum Gasteiger partial charge on any atom is -0.313 e. The lowest BCUT2D eigenvalue weighted by Gasteiger charge is -2.17. The fourth-order valence-corrected chi connectivity index (χ4v) is 3.58. The molecule has 0 spiro atoms. The van der Waals surface area contributed by atoms with Crippen molar-refractivity contribution in [2.45, 2.75) is 19.9 Å². The third-order valence-corrected chi connectivity index (χ3v) is 4.75. The van der Waals surface area contributed by atoms with E-state index in [9.17, 15) is 8.42 Å². The minimum absolute atomic E-state index is 0.268. The van der Waals surface area contributed by atoms with Gasteiger partial charge in [0.15, 0.2) is 0 Å². The van der Waals surface area contributed by atoms with Crippen LogP contribution in [0, 0.1) is 0 Å². The Bertz CT molecular complexity index is 485. The third-order valence-electron chi connectivity index (χ3n) is 2.88. The molecule has 0 unspecified atom stereocenters. The van der Waals surface area contributed by atoms with E-state index in [1.807, 2.05) is 24.3 Å². The number of sulfonamides is 1. The molecule has 0 bridgehead atoms. The zero-order valence-electron chi connectivity index (χ0n) is 10.0. The molecule has 1 aromatic carbocycles. The Morgan fingerprint density at radius 3 is 2.88 bits per heavy atom. The highest BCUT2D eigenvalue weighted by Gasteiger charge is 2.28. The van der Waals surface area contributed by atoms with Gasteiger partial charge in [-0.15, -0.1) is 0 Å². The molecular weight excluding hydrogens is 236 g/mol. The predicted octanol–water partition coefficient (Wildman–Crippen LogP) is 1.34. The van der Waals surface area contributed by atoms with Gasteiger partial charge in [-0.25, -0.2) is 8.42 Å². The summed E-state index contributed by atoms with van der Waals surface area (Å²) in [5, 5.41) is 3.24. The van der Waals surface area contributed by atoms with Crippen molar-refractivity contribution in [2.24, 2.45) is 0 Å². The van der Waals surface area contributed by atoms with E-state index in [1.54, 1.807) is 0 Å². The Labute approximate surface area is 103 Å². The largest absolute Gasteiger partial charge is 0.313 e. The number of nitrogens with one attached hydrogen (secondary N) is 1. The molecule has 0 aromatic heterocycles. The number of nitrogens with zero attached hydrogens (tertiary/aromatic N) is 1. The van der Waals surface area contributed by atoms with Crippen LogP contribution in [0.3, 0.4) is 0 Å². The maximum absolute atomic E-state index is 11.8. The molecule has 1 aliphatic heterocycles. The lowest BCUT2D eigenvalue weighted by molar-refractivity contribution is 0.599. The minimum atomic E-state index is -3.06. The first-order valence-corrected chi connectivity index (χ1v) is 7.54. The smallest absolute Gasteiger partial charge is 0.235 e. The first-order chi connectivity index (χ1) is 8.13. The van der Waals surface area contributed by atoms with Crippen LogP contribution in [0.25, 0.3) is 0 Å². The molecule has 1 aromatic rings. The van der Waals surface area contributed by atoms with Crippen molar-refractivity contribution in [3.05, 3.63) is 29.8 Å². The fourth-order valence-electron chi connectivity index (χ4n) is 2.02. The quantitative estimate of drug-likeness (QED) is 0.882. The molecule has 1 aliphatic rings. The average molecular weight is 254 g/mol. The van der Waals surface area contributed by atoms with Crippen LogP contribution < -0.4 is 9.62 Å². The number of rotatable bonds is 4. The maximum atomic E-state index is 11.8. The van der Waals surface area contributed by atoms with Gasteiger partial charge in [-0.3, -0.25) is 4.31 Å². The van der Waals surface area contributed by atoms with Crippen LogP contribution in [0.2, 0.25) is 0 Å². The normalized spacial score (nSPS) is 18.5. The van der Waals surface area contributed by atoms with Gasteiger partial charge >= 0.3 is 0 Å². The van der Waals surface area contributed by atoms with E-state index in [0.29, 0.717) is 6.54 Å². The molecule has 1 heterocycles. The molecule has 0 saturated carbocycles. The molecule has 1 fully saturated rings. The summed E-state index contributed by atoms with van der Waals surface area (Å²) >= 11 is 0. The maximum Gasteiger partial charge on any atom is 0.235 e. The summed E-state index contributed by atoms with van der Waals surface area (Å²) < 4.78 is 25.1. The lowest BCUT2D eigenvalue weighted by Crippen LogP contribution is -2.25. The van der Waals surface area contributed by atoms with Gasteiger partial charge < -0.3 is 5.32 Å². The summed E-state index contributed by atoms with van der Waals surface area (Å²) in [5.74, 6) is 0.268. The summed E-state index contributed by atoms with van der Waals surface area (Å²) in [4.78, 5) is 0. The Balaban J connectivity index is 2.21. The molecular formula is C12H18N2O2S. The Morgan fingerprint density at radius 2 is 2.24 bits per heavy atom. The van der Waals surface area contributed by atoms with Crippen molar-refractivity contribution in [1.29, 1.82) is 0 Å². The highest BCUT2D eigenvalue weighted by Crippen LogP contribution is 2.24. The number of hydrogen-bond acceptors (Lipinski definition) is 3. The highest BCUT2D eigenvalue weighted by molar-refractivity contribution is 7.93. The van der Waals surface area contributed by atoms with Gasteiger partial charge in [0.25, 0.3) is 0 Å². The van der Waals surface area contributed by atoms with Gasteiger partial charge in [0.2, 0.25) is 10.0 Å². The molecule has 5 heteroatoms. The van der Waals surface area contributed by atoms with Crippen LogP contribution in [-0.4, -0.2) is 27.3 Å². The van der Waals surface area contributed by atoms with Crippen molar-refractivity contribution >= 4 is 15.7 Å². The summed E-state index contributed by atoms with van der Waals surface area (Å²) in [7, 11) is -3.06. The summed E-state index contributed by atoms with van der Waals surface area (Å²) in [6.07, 6.45) is 0.722. The first-order valence-electron chi connectivity index (χ1n) is 5.93. The number of anilines is 1. The predicted molar refractivity (Wildman–Crippen MR) is 69.6 cm³/mol. The molecule has 0 radical (unpaired) electrons. The molecule has 1 saturated heterocycles. The van der Waals surface area contributed by atoms with E-state index in [-0.39, 0.29) is 5.75 Å². The van der Waals surface area contributed by atoms with Gasteiger partial charge in [-0.1, -0.05) is 19.1 Å². The molecule has 94 valence electrons. The zero-order chi connectivity index (χ0) is 12.3. The first kappa shape index (κ1) is 12.4. The summed E-state index contributed by atoms with van der Waals surface area (Å²) in [5.41, 5.74) is 1.91. The Hall–Kier alpha value is -1.07. The lowest BCUT2D eigenvalue weighted by atomic mass is 10.2. The molecule has 0 aliphatic carbocycles. The van der Waals surface area contributed by atoms with E-state index in [0.717, 1.165) is 30.8 Å². The van der Waals surface area contributed by atoms with Crippen molar-refractivity contribution in [3.8, 4) is 0 Å². The van der Waals surface area contributed by atoms with Crippen LogP contribution >= 0.6 is 0 Å². The van der Waals surface area contributed by atoms with Crippen molar-refractivity contribution in [3.63, 3.8) is 0 Å². The van der Waals surface area contributed by atoms with Crippen LogP contribution in [-0.2, 0) is 16.6 Å². The zero-order valence-corrected chi connectivity index (χ0v) is 10.8. The van der Waals surface area contributed by atoms with Crippen LogP contribution in [0.5, 0.6) is 0 Å². The monoisotopic (exact) mass is 254 g/mol. The number of benzene rings is 1. The van der Waals surface area contributed by atoms with E-state index < -0.39 is 10.0 Å². The number of hydrogen-bond donors (Lipinski definition) is 1. The average Bonchev–Trinajstić information content (AvgIpc) is 2.67. The summed E-state index contributed by atoms with van der Waals surface area (Å²) in [6.45, 7) is 4.34. The SMILES string of the molecule is CCNCc1cccc(N2CCCS2(=O)=O)c1. The summed E-state index contributed by atoms with van der Waals surface area (Å²) in [6, 6.07) is 7.73. The van der Waals surface area contributed by atoms with Gasteiger partial charge in [0.05, 0.1) is 11.4 Å². The van der Waals surface area contributed by atoms with Gasteiger partial charge in [-0.2, -0.15) is 0 Å². The van der Waals surface area contributed by atoms with Gasteiger partial charge in [-0.05, 0) is 30.7 Å². The van der Waals surface area contributed by atoms with E-state index in [2.05, 4.69) is 12.2 Å². The van der Waals surface area contributed by atoms with Crippen molar-refractivity contribution < 1.29 is 8.42 Å². The fraction of sp³-hybridized carbons (Fsp3) is 0.500. The molecule has 2 rings (SSSR count). The van der Waals surface area contributed by atoms with Crippen LogP contribution in [0.1, 0.15) is 18.9 Å². The van der Waals surface area contributed by atoms with E-state index >= 15 is 0 Å². The molecule has 0 amide bonds. The van der Waals surface area contributed by atoms with E-state index in [1.165, 1.54) is 4.31 Å². The molecule has 17 heavy (non-hydrogen) atoms. The third kappa shape index (κ3) is 2.79. The highest BCUT2D eigenvalue weighted by atomic mass is 32.2. The standard InChI is InChI=1S/C12H18N2O2S/c1-2-13-10-11-5-3-6-12(9-11)14-7-4-8-17(14,15)16/h3,5-6,9,13H,2,4,7-8,10H2,1H3. The second kappa shape index (κ2) is 5.06. The molecule has 0 atom stereocenters. The van der Waals surface area contributed by atoms with E-state index in [4.69, 9.17) is 0 Å². The molecule has 1 N–H and O–H groups in total. The van der Waals surface area contributed by atoms with Crippen molar-refractivity contribution in [2.75, 3.05) is 23.1 Å². The second-order valence-corrected chi connectivity index (χ2v) is 6.20. The Kier molecular flexibility index (Phi) is 3.69. The van der Waals surface area contributed by atoms with Gasteiger partial charge in [0.1, 0.15) is 0 Å². The van der Waals surface area contributed by atoms with Gasteiger partial charge in [0, 0.05) is 13.1 Å². The van der Waals surface area contributed by atoms with Crippen molar-refractivity contribution in [1.82, 2.24) is 5.32 Å².